The molecule has 0 aromatic carbocycles. The van der Waals surface area contributed by atoms with Gasteiger partial charge in [0.25, 0.3) is 0 Å². The fourth-order valence-corrected chi connectivity index (χ4v) is 1.73. The first kappa shape index (κ1) is 12.0. The number of allylic oxidation sites excluding steroid dienone is 1. The van der Waals surface area contributed by atoms with Crippen LogP contribution in [0.5, 0.6) is 0 Å². The van der Waals surface area contributed by atoms with Gasteiger partial charge in [-0.1, -0.05) is 19.9 Å². The molecule has 0 radical (unpaired) electrons. The van der Waals surface area contributed by atoms with Crippen LogP contribution in [0.1, 0.15) is 39.5 Å². The predicted octanol–water partition coefficient (Wildman–Crippen LogP) is 2.71. The molecule has 0 amide bonds. The van der Waals surface area contributed by atoms with Crippen LogP contribution in [0, 0.1) is 10.8 Å². The molecule has 0 fully saturated rings. The van der Waals surface area contributed by atoms with Crippen molar-refractivity contribution in [1.82, 2.24) is 0 Å². The highest BCUT2D eigenvalue weighted by atomic mass is 16.5. The van der Waals surface area contributed by atoms with Gasteiger partial charge in [0.2, 0.25) is 0 Å². The van der Waals surface area contributed by atoms with Gasteiger partial charge in [0.05, 0.1) is 12.0 Å². The van der Waals surface area contributed by atoms with Gasteiger partial charge in [-0.05, 0) is 31.8 Å². The number of ether oxygens (including phenoxy) is 1. The topological polar surface area (TPSA) is 50.2 Å². The maximum atomic E-state index is 11.9. The molecule has 3 nitrogen and oxygen atoms in total. The van der Waals surface area contributed by atoms with Crippen molar-refractivity contribution >= 4 is 11.7 Å². The number of hydrogen-bond acceptors (Lipinski definition) is 3. The molecule has 0 spiro atoms. The molecule has 1 N–H and O–H groups in total. The van der Waals surface area contributed by atoms with E-state index < -0.39 is 5.41 Å². The van der Waals surface area contributed by atoms with Gasteiger partial charge in [-0.3, -0.25) is 4.79 Å². The molecular formula is C12H19NO2. The van der Waals surface area contributed by atoms with E-state index in [0.29, 0.717) is 25.2 Å². The quantitative estimate of drug-likeness (QED) is 0.724. The highest BCUT2D eigenvalue weighted by Crippen LogP contribution is 2.34. The molecule has 0 aromatic heterocycles. The molecular weight excluding hydrogens is 190 g/mol. The Hall–Kier alpha value is -1.12. The molecule has 0 aromatic rings. The van der Waals surface area contributed by atoms with E-state index in [1.807, 2.05) is 19.9 Å². The van der Waals surface area contributed by atoms with Gasteiger partial charge >= 0.3 is 5.97 Å². The number of rotatable bonds is 4. The Morgan fingerprint density at radius 2 is 2.33 bits per heavy atom. The van der Waals surface area contributed by atoms with E-state index in [1.165, 1.54) is 0 Å². The van der Waals surface area contributed by atoms with Crippen LogP contribution in [-0.2, 0) is 9.53 Å². The first-order valence-corrected chi connectivity index (χ1v) is 5.58. The molecule has 3 heteroatoms. The van der Waals surface area contributed by atoms with Gasteiger partial charge in [-0.15, -0.1) is 0 Å². The summed E-state index contributed by atoms with van der Waals surface area (Å²) in [7, 11) is 0. The van der Waals surface area contributed by atoms with Gasteiger partial charge in [-0.25, -0.2) is 0 Å². The molecule has 1 atom stereocenters. The molecule has 1 rings (SSSR count). The van der Waals surface area contributed by atoms with Crippen molar-refractivity contribution < 1.29 is 9.53 Å². The van der Waals surface area contributed by atoms with Crippen LogP contribution in [0.25, 0.3) is 0 Å². The summed E-state index contributed by atoms with van der Waals surface area (Å²) < 4.78 is 5.20. The SMILES string of the molecule is CCCOC(=O)C1(CC)C=CC(=N)CC1. The zero-order chi connectivity index (χ0) is 11.3. The molecule has 0 saturated carbocycles. The van der Waals surface area contributed by atoms with Crippen molar-refractivity contribution in [2.45, 2.75) is 39.5 Å². The van der Waals surface area contributed by atoms with Gasteiger partial charge in [0, 0.05) is 5.71 Å². The maximum absolute atomic E-state index is 11.9. The van der Waals surface area contributed by atoms with Crippen LogP contribution >= 0.6 is 0 Å². The van der Waals surface area contributed by atoms with E-state index in [0.717, 1.165) is 12.8 Å². The van der Waals surface area contributed by atoms with Crippen molar-refractivity contribution in [1.29, 1.82) is 5.41 Å². The number of nitrogens with one attached hydrogen (secondary N) is 1. The standard InChI is InChI=1S/C12H19NO2/c1-3-9-15-11(14)12(4-2)7-5-10(13)6-8-12/h5,7,13H,3-4,6,8-9H2,1-2H3. The van der Waals surface area contributed by atoms with E-state index in [9.17, 15) is 4.79 Å². The van der Waals surface area contributed by atoms with Gasteiger partial charge in [0.1, 0.15) is 0 Å². The van der Waals surface area contributed by atoms with Crippen molar-refractivity contribution in [3.8, 4) is 0 Å². The van der Waals surface area contributed by atoms with Crippen LogP contribution in [0.4, 0.5) is 0 Å². The average Bonchev–Trinajstić information content (AvgIpc) is 2.27. The third-order valence-electron chi connectivity index (χ3n) is 2.92. The molecule has 1 aliphatic carbocycles. The van der Waals surface area contributed by atoms with Crippen molar-refractivity contribution in [3.63, 3.8) is 0 Å². The lowest BCUT2D eigenvalue weighted by Gasteiger charge is -2.29. The van der Waals surface area contributed by atoms with E-state index in [4.69, 9.17) is 10.1 Å². The van der Waals surface area contributed by atoms with Crippen molar-refractivity contribution in [2.75, 3.05) is 6.61 Å². The van der Waals surface area contributed by atoms with Gasteiger partial charge in [-0.2, -0.15) is 0 Å². The molecule has 0 bridgehead atoms. The minimum Gasteiger partial charge on any atom is -0.465 e. The molecule has 1 aliphatic rings. The van der Waals surface area contributed by atoms with E-state index in [-0.39, 0.29) is 5.97 Å². The first-order valence-electron chi connectivity index (χ1n) is 5.58. The van der Waals surface area contributed by atoms with Gasteiger partial charge < -0.3 is 10.1 Å². The monoisotopic (exact) mass is 209 g/mol. The summed E-state index contributed by atoms with van der Waals surface area (Å²) in [5, 5.41) is 7.48. The van der Waals surface area contributed by atoms with E-state index in [1.54, 1.807) is 6.08 Å². The molecule has 0 aliphatic heterocycles. The third-order valence-corrected chi connectivity index (χ3v) is 2.92. The number of carbonyl (C=O) groups excluding carboxylic acids is 1. The van der Waals surface area contributed by atoms with Crippen LogP contribution in [0.2, 0.25) is 0 Å². The summed E-state index contributed by atoms with van der Waals surface area (Å²) in [5.41, 5.74) is 0.127. The highest BCUT2D eigenvalue weighted by Gasteiger charge is 2.37. The Labute approximate surface area is 91.0 Å². The second-order valence-electron chi connectivity index (χ2n) is 4.00. The summed E-state index contributed by atoms with van der Waals surface area (Å²) in [6.07, 6.45) is 6.56. The van der Waals surface area contributed by atoms with Crippen LogP contribution in [0.3, 0.4) is 0 Å². The second kappa shape index (κ2) is 5.10. The lowest BCUT2D eigenvalue weighted by molar-refractivity contribution is -0.153. The van der Waals surface area contributed by atoms with E-state index in [2.05, 4.69) is 0 Å². The van der Waals surface area contributed by atoms with Crippen LogP contribution in [-0.4, -0.2) is 18.3 Å². The zero-order valence-electron chi connectivity index (χ0n) is 9.51. The van der Waals surface area contributed by atoms with E-state index >= 15 is 0 Å². The Bertz CT molecular complexity index is 283. The predicted molar refractivity (Wildman–Crippen MR) is 60.1 cm³/mol. The summed E-state index contributed by atoms with van der Waals surface area (Å²) in [5.74, 6) is -0.129. The highest BCUT2D eigenvalue weighted by molar-refractivity contribution is 5.95. The molecule has 84 valence electrons. The van der Waals surface area contributed by atoms with Crippen molar-refractivity contribution in [3.05, 3.63) is 12.2 Å². The van der Waals surface area contributed by atoms with Crippen LogP contribution < -0.4 is 0 Å². The van der Waals surface area contributed by atoms with Crippen molar-refractivity contribution in [2.24, 2.45) is 5.41 Å². The summed E-state index contributed by atoms with van der Waals surface area (Å²) in [6, 6.07) is 0. The third kappa shape index (κ3) is 2.67. The number of carbonyl (C=O) groups is 1. The lowest BCUT2D eigenvalue weighted by Crippen LogP contribution is -2.33. The molecule has 1 unspecified atom stereocenters. The lowest BCUT2D eigenvalue weighted by atomic mass is 9.76. The minimum absolute atomic E-state index is 0.129. The minimum atomic E-state index is -0.472. The largest absolute Gasteiger partial charge is 0.465 e. The molecule has 0 heterocycles. The normalized spacial score (nSPS) is 25.3. The fourth-order valence-electron chi connectivity index (χ4n) is 1.73. The Morgan fingerprint density at radius 1 is 1.60 bits per heavy atom. The smallest absolute Gasteiger partial charge is 0.315 e. The number of hydrogen-bond donors (Lipinski definition) is 1. The Balaban J connectivity index is 2.72. The Kier molecular flexibility index (Phi) is 4.06. The summed E-state index contributed by atoms with van der Waals surface area (Å²) in [4.78, 5) is 11.9. The maximum Gasteiger partial charge on any atom is 0.315 e. The molecule has 15 heavy (non-hydrogen) atoms. The summed E-state index contributed by atoms with van der Waals surface area (Å²) in [6.45, 7) is 4.47. The van der Waals surface area contributed by atoms with Crippen LogP contribution in [0.15, 0.2) is 12.2 Å². The molecule has 0 saturated heterocycles. The average molecular weight is 209 g/mol. The first-order chi connectivity index (χ1) is 7.14. The zero-order valence-corrected chi connectivity index (χ0v) is 9.51. The Morgan fingerprint density at radius 3 is 2.80 bits per heavy atom. The van der Waals surface area contributed by atoms with Gasteiger partial charge in [0.15, 0.2) is 0 Å². The summed E-state index contributed by atoms with van der Waals surface area (Å²) >= 11 is 0. The second-order valence-corrected chi connectivity index (χ2v) is 4.00. The number of esters is 1. The fraction of sp³-hybridized carbons (Fsp3) is 0.667.